The topological polar surface area (TPSA) is 94.0 Å². The van der Waals surface area contributed by atoms with Crippen molar-refractivity contribution in [1.82, 2.24) is 10.7 Å². The number of benzene rings is 3. The van der Waals surface area contributed by atoms with E-state index in [-0.39, 0.29) is 27.4 Å². The van der Waals surface area contributed by atoms with E-state index < -0.39 is 11.8 Å². The maximum absolute atomic E-state index is 13.1. The molecule has 0 aliphatic rings. The Morgan fingerprint density at radius 3 is 2.30 bits per heavy atom. The number of anilines is 1. The van der Waals surface area contributed by atoms with Gasteiger partial charge in [-0.25, -0.2) is 5.43 Å². The molecule has 0 aromatic heterocycles. The van der Waals surface area contributed by atoms with Gasteiger partial charge in [-0.3, -0.25) is 9.59 Å². The van der Waals surface area contributed by atoms with Gasteiger partial charge in [-0.2, -0.15) is 5.10 Å². The lowest BCUT2D eigenvalue weighted by atomic mass is 9.86. The maximum Gasteiger partial charge on any atom is 0.287 e. The highest BCUT2D eigenvalue weighted by Crippen LogP contribution is 2.26. The Bertz CT molecular complexity index is 1340. The summed E-state index contributed by atoms with van der Waals surface area (Å²) in [6, 6.07) is 19.3. The Morgan fingerprint density at radius 1 is 1.00 bits per heavy atom. The summed E-state index contributed by atoms with van der Waals surface area (Å²) in [7, 11) is 3.86. The lowest BCUT2D eigenvalue weighted by molar-refractivity contribution is -0.117. The zero-order valence-electron chi connectivity index (χ0n) is 21.5. The zero-order valence-corrected chi connectivity index (χ0v) is 22.3. The molecule has 0 aliphatic heterocycles. The largest absolute Gasteiger partial charge is 0.507 e. The molecule has 3 rings (SSSR count). The normalized spacial score (nSPS) is 11.9. The van der Waals surface area contributed by atoms with Crippen LogP contribution in [0.2, 0.25) is 5.02 Å². The lowest BCUT2D eigenvalue weighted by Gasteiger charge is -2.19. The van der Waals surface area contributed by atoms with Crippen LogP contribution in [0, 0.1) is 0 Å². The van der Waals surface area contributed by atoms with Gasteiger partial charge >= 0.3 is 0 Å². The maximum atomic E-state index is 13.1. The van der Waals surface area contributed by atoms with Crippen LogP contribution in [0.4, 0.5) is 5.69 Å². The number of rotatable bonds is 7. The average molecular weight is 519 g/mol. The first kappa shape index (κ1) is 27.5. The minimum Gasteiger partial charge on any atom is -0.507 e. The molecule has 37 heavy (non-hydrogen) atoms. The Balaban J connectivity index is 1.87. The van der Waals surface area contributed by atoms with Crippen LogP contribution in [0.15, 0.2) is 77.5 Å². The molecule has 0 heterocycles. The van der Waals surface area contributed by atoms with Gasteiger partial charge in [0.25, 0.3) is 11.8 Å². The number of aromatic hydroxyl groups is 1. The smallest absolute Gasteiger partial charge is 0.287 e. The average Bonchev–Trinajstić information content (AvgIpc) is 2.84. The highest BCUT2D eigenvalue weighted by Gasteiger charge is 2.17. The summed E-state index contributed by atoms with van der Waals surface area (Å²) < 4.78 is 0. The van der Waals surface area contributed by atoms with Gasteiger partial charge in [0.2, 0.25) is 0 Å². The van der Waals surface area contributed by atoms with Crippen LogP contribution >= 0.6 is 11.6 Å². The third-order valence-corrected chi connectivity index (χ3v) is 5.92. The molecule has 192 valence electrons. The van der Waals surface area contributed by atoms with Crippen LogP contribution in [-0.4, -0.2) is 37.2 Å². The Labute approximate surface area is 222 Å². The van der Waals surface area contributed by atoms with E-state index in [2.05, 4.69) is 36.6 Å². The molecule has 0 radical (unpaired) electrons. The van der Waals surface area contributed by atoms with Crippen molar-refractivity contribution in [1.29, 1.82) is 0 Å². The summed E-state index contributed by atoms with van der Waals surface area (Å²) in [6.45, 7) is 6.18. The predicted octanol–water partition coefficient (Wildman–Crippen LogP) is 5.33. The molecule has 0 fully saturated rings. The second-order valence-electron chi connectivity index (χ2n) is 9.70. The molecule has 0 saturated heterocycles. The molecule has 7 nitrogen and oxygen atoms in total. The quantitative estimate of drug-likeness (QED) is 0.224. The third-order valence-electron chi connectivity index (χ3n) is 5.60. The summed E-state index contributed by atoms with van der Waals surface area (Å²) in [5, 5.41) is 17.1. The Hall–Kier alpha value is -4.10. The van der Waals surface area contributed by atoms with Crippen molar-refractivity contribution in [3.63, 3.8) is 0 Å². The monoisotopic (exact) mass is 518 g/mol. The van der Waals surface area contributed by atoms with Gasteiger partial charge in [0.1, 0.15) is 11.4 Å². The van der Waals surface area contributed by atoms with Crippen LogP contribution in [-0.2, 0) is 10.2 Å². The van der Waals surface area contributed by atoms with Crippen molar-refractivity contribution in [2.45, 2.75) is 26.2 Å². The fourth-order valence-electron chi connectivity index (χ4n) is 3.37. The predicted molar refractivity (Wildman–Crippen MR) is 150 cm³/mol. The summed E-state index contributed by atoms with van der Waals surface area (Å²) in [6.07, 6.45) is 2.92. The van der Waals surface area contributed by atoms with E-state index >= 15 is 0 Å². The molecule has 0 saturated carbocycles. The van der Waals surface area contributed by atoms with Gasteiger partial charge in [-0.15, -0.1) is 0 Å². The van der Waals surface area contributed by atoms with Crippen LogP contribution in [0.1, 0.15) is 47.8 Å². The van der Waals surface area contributed by atoms with Crippen LogP contribution in [0.3, 0.4) is 0 Å². The summed E-state index contributed by atoms with van der Waals surface area (Å²) in [4.78, 5) is 27.9. The van der Waals surface area contributed by atoms with Gasteiger partial charge in [-0.1, -0.05) is 62.7 Å². The fraction of sp³-hybridized carbons (Fsp3) is 0.207. The first-order valence-electron chi connectivity index (χ1n) is 11.7. The molecular formula is C29H31ClN4O3. The minimum atomic E-state index is -0.639. The molecule has 3 aromatic carbocycles. The van der Waals surface area contributed by atoms with Crippen molar-refractivity contribution in [3.05, 3.63) is 99.7 Å². The molecule has 3 N–H and O–H groups in total. The van der Waals surface area contributed by atoms with E-state index in [1.165, 1.54) is 6.21 Å². The number of carbonyl (C=O) groups excluding carboxylic acids is 2. The number of hydrogen-bond acceptors (Lipinski definition) is 5. The highest BCUT2D eigenvalue weighted by molar-refractivity contribution is 6.34. The molecule has 0 atom stereocenters. The second kappa shape index (κ2) is 11.8. The van der Waals surface area contributed by atoms with Gasteiger partial charge in [0.05, 0.1) is 16.8 Å². The van der Waals surface area contributed by atoms with Crippen molar-refractivity contribution in [3.8, 4) is 5.75 Å². The molecule has 0 aliphatic carbocycles. The number of hydrogen-bond donors (Lipinski definition) is 3. The van der Waals surface area contributed by atoms with Crippen LogP contribution in [0.5, 0.6) is 5.75 Å². The summed E-state index contributed by atoms with van der Waals surface area (Å²) >= 11 is 6.17. The zero-order chi connectivity index (χ0) is 27.2. The van der Waals surface area contributed by atoms with E-state index in [1.807, 2.05) is 55.4 Å². The first-order valence-corrected chi connectivity index (χ1v) is 12.1. The number of nitrogens with one attached hydrogen (secondary N) is 2. The SMILES string of the molecule is CN(C)c1ccc(/C=C(/NC(=O)c2ccccc2Cl)C(=O)N/N=C\c2cc(C(C)(C)C)ccc2O)cc1. The van der Waals surface area contributed by atoms with Gasteiger partial charge in [0, 0.05) is 25.3 Å². The molecule has 3 aromatic rings. The molecule has 0 unspecified atom stereocenters. The first-order chi connectivity index (χ1) is 17.5. The lowest BCUT2D eigenvalue weighted by Crippen LogP contribution is -2.33. The van der Waals surface area contributed by atoms with E-state index in [0.717, 1.165) is 11.3 Å². The number of hydrazone groups is 1. The number of phenols is 1. The fourth-order valence-corrected chi connectivity index (χ4v) is 3.60. The van der Waals surface area contributed by atoms with Crippen molar-refractivity contribution in [2.75, 3.05) is 19.0 Å². The van der Waals surface area contributed by atoms with Crippen LogP contribution < -0.4 is 15.6 Å². The number of halogens is 1. The molecule has 8 heteroatoms. The van der Waals surface area contributed by atoms with Crippen molar-refractivity contribution in [2.24, 2.45) is 5.10 Å². The summed E-state index contributed by atoms with van der Waals surface area (Å²) in [5.74, 6) is -1.13. The molecule has 0 bridgehead atoms. The number of nitrogens with zero attached hydrogens (tertiary/aromatic N) is 2. The Morgan fingerprint density at radius 2 is 1.68 bits per heavy atom. The van der Waals surface area contributed by atoms with Crippen molar-refractivity contribution < 1.29 is 14.7 Å². The van der Waals surface area contributed by atoms with E-state index in [0.29, 0.717) is 11.1 Å². The second-order valence-corrected chi connectivity index (χ2v) is 10.1. The highest BCUT2D eigenvalue weighted by atomic mass is 35.5. The van der Waals surface area contributed by atoms with Crippen LogP contribution in [0.25, 0.3) is 6.08 Å². The van der Waals surface area contributed by atoms with Gasteiger partial charge in [-0.05, 0) is 59.0 Å². The Kier molecular flexibility index (Phi) is 8.73. The van der Waals surface area contributed by atoms with Gasteiger partial charge in [0.15, 0.2) is 0 Å². The minimum absolute atomic E-state index is 0.0210. The van der Waals surface area contributed by atoms with Gasteiger partial charge < -0.3 is 15.3 Å². The molecule has 0 spiro atoms. The number of carbonyl (C=O) groups is 2. The van der Waals surface area contributed by atoms with E-state index in [9.17, 15) is 14.7 Å². The van der Waals surface area contributed by atoms with E-state index in [1.54, 1.807) is 36.4 Å². The standard InChI is InChI=1S/C29H31ClN4O3/c1-29(2,3)21-12-15-26(35)20(17-21)18-31-33-28(37)25(16-19-10-13-22(14-11-19)34(4)5)32-27(36)23-8-6-7-9-24(23)30/h6-18,35H,1-5H3,(H,32,36)(H,33,37)/b25-16+,31-18-. The number of amides is 2. The molecule has 2 amide bonds. The van der Waals surface area contributed by atoms with Crippen molar-refractivity contribution >= 4 is 41.4 Å². The number of phenolic OH excluding ortho intramolecular Hbond substituents is 1. The van der Waals surface area contributed by atoms with E-state index in [4.69, 9.17) is 11.6 Å². The summed E-state index contributed by atoms with van der Waals surface area (Å²) in [5.41, 5.74) is 5.68. The third kappa shape index (κ3) is 7.44. The molecular weight excluding hydrogens is 488 g/mol.